The van der Waals surface area contributed by atoms with E-state index in [0.717, 1.165) is 17.7 Å². The number of aliphatic hydroxyl groups is 2. The van der Waals surface area contributed by atoms with Crippen molar-refractivity contribution < 1.29 is 23.8 Å². The summed E-state index contributed by atoms with van der Waals surface area (Å²) in [6, 6.07) is 9.81. The summed E-state index contributed by atoms with van der Waals surface area (Å²) in [5.74, 6) is 3.48. The summed E-state index contributed by atoms with van der Waals surface area (Å²) in [4.78, 5) is 26.0. The van der Waals surface area contributed by atoms with Crippen molar-refractivity contribution in [3.05, 3.63) is 82.4 Å². The number of hydrogen-bond acceptors (Lipinski definition) is 7. The number of imidazole rings is 1. The molecule has 40 heavy (non-hydrogen) atoms. The zero-order valence-electron chi connectivity index (χ0n) is 21.5. The van der Waals surface area contributed by atoms with Crippen LogP contribution in [0.2, 0.25) is 5.02 Å². The lowest BCUT2D eigenvalue weighted by Crippen LogP contribution is -2.45. The van der Waals surface area contributed by atoms with Crippen LogP contribution in [0, 0.1) is 28.9 Å². The second-order valence-corrected chi connectivity index (χ2v) is 10.2. The third kappa shape index (κ3) is 5.09. The van der Waals surface area contributed by atoms with E-state index in [1.807, 2.05) is 12.1 Å². The van der Waals surface area contributed by atoms with Crippen LogP contribution in [0.5, 0.6) is 0 Å². The van der Waals surface area contributed by atoms with Crippen molar-refractivity contribution in [1.82, 2.24) is 24.8 Å². The molecule has 1 amide bonds. The smallest absolute Gasteiger partial charge is 0.228 e. The first-order valence-corrected chi connectivity index (χ1v) is 12.8. The number of aromatic nitrogens is 4. The second kappa shape index (κ2) is 10.8. The molecule has 0 spiro atoms. The van der Waals surface area contributed by atoms with Crippen molar-refractivity contribution in [3.63, 3.8) is 0 Å². The number of carbonyl (C=O) groups excluding carboxylic acids is 1. The summed E-state index contributed by atoms with van der Waals surface area (Å²) in [7, 11) is 1.47. The maximum absolute atomic E-state index is 13.7. The van der Waals surface area contributed by atoms with Crippen LogP contribution in [0.15, 0.2) is 48.8 Å². The summed E-state index contributed by atoms with van der Waals surface area (Å²) in [6.07, 6.45) is -1.03. The van der Waals surface area contributed by atoms with E-state index >= 15 is 0 Å². The first-order chi connectivity index (χ1) is 19.1. The van der Waals surface area contributed by atoms with E-state index in [4.69, 9.17) is 11.6 Å². The Kier molecular flexibility index (Phi) is 7.42. The molecule has 4 N–H and O–H groups in total. The largest absolute Gasteiger partial charge is 0.389 e. The van der Waals surface area contributed by atoms with Crippen molar-refractivity contribution in [1.29, 1.82) is 0 Å². The van der Waals surface area contributed by atoms with Gasteiger partial charge in [-0.3, -0.25) is 4.79 Å². The van der Waals surface area contributed by atoms with Crippen LogP contribution in [0.25, 0.3) is 11.2 Å². The normalized spacial score (nSPS) is 22.1. The van der Waals surface area contributed by atoms with Crippen LogP contribution >= 0.6 is 11.6 Å². The molecule has 5 rings (SSSR count). The molecule has 0 radical (unpaired) electrons. The van der Waals surface area contributed by atoms with E-state index in [-0.39, 0.29) is 17.8 Å². The molecule has 4 aromatic rings. The quantitative estimate of drug-likeness (QED) is 0.273. The highest BCUT2D eigenvalue weighted by Crippen LogP contribution is 2.45. The van der Waals surface area contributed by atoms with Crippen LogP contribution in [-0.4, -0.2) is 54.9 Å². The topological polar surface area (TPSA) is 125 Å². The third-order valence-electron chi connectivity index (χ3n) is 7.12. The Morgan fingerprint density at radius 2 is 1.98 bits per heavy atom. The van der Waals surface area contributed by atoms with E-state index in [1.54, 1.807) is 23.6 Å². The number of fused-ring (bicyclic) bond motifs is 1. The molecular weight excluding hydrogens is 542 g/mol. The van der Waals surface area contributed by atoms with E-state index in [1.165, 1.54) is 19.4 Å². The minimum absolute atomic E-state index is 0.0506. The van der Waals surface area contributed by atoms with Crippen molar-refractivity contribution in [3.8, 4) is 11.8 Å². The number of carbonyl (C=O) groups is 1. The molecule has 0 bridgehead atoms. The molecule has 206 valence electrons. The fourth-order valence-electron chi connectivity index (χ4n) is 4.91. The monoisotopic (exact) mass is 566 g/mol. The van der Waals surface area contributed by atoms with Crippen LogP contribution in [0.3, 0.4) is 0 Å². The molecular formula is C28H25ClF2N6O3. The molecule has 2 aromatic carbocycles. The number of rotatable bonds is 5. The highest BCUT2D eigenvalue weighted by molar-refractivity contribution is 6.30. The molecule has 1 fully saturated rings. The average Bonchev–Trinajstić information content (AvgIpc) is 3.46. The van der Waals surface area contributed by atoms with Gasteiger partial charge in [0.15, 0.2) is 28.6 Å². The maximum atomic E-state index is 13.7. The molecule has 2 heterocycles. The summed E-state index contributed by atoms with van der Waals surface area (Å²) < 4.78 is 28.6. The molecule has 0 aliphatic heterocycles. The molecule has 1 unspecified atom stereocenters. The molecule has 4 atom stereocenters. The number of benzene rings is 2. The fraction of sp³-hybridized carbons (Fsp3) is 0.286. The van der Waals surface area contributed by atoms with Crippen molar-refractivity contribution >= 4 is 34.5 Å². The number of halogens is 3. The second-order valence-electron chi connectivity index (χ2n) is 9.79. The number of anilines is 1. The minimum Gasteiger partial charge on any atom is -0.389 e. The standard InChI is InChI=1S/C28H25ClF2N6O3/c1-28(27(40)32-2)12-20(23(38)24(28)39)37-14-34-22-25(33-13-16-4-3-5-17(29)10-16)35-21(36-26(22)37)9-7-15-6-8-18(30)19(31)11-15/h3-6,8,10-11,14,20,23-24,38-39H,12-13H2,1-2H3,(H,32,40)(H,33,35,36)/t20-,23+,24+,28?/m1/s1. The van der Waals surface area contributed by atoms with Gasteiger partial charge in [0, 0.05) is 24.2 Å². The zero-order chi connectivity index (χ0) is 28.6. The van der Waals surface area contributed by atoms with Gasteiger partial charge in [-0.05, 0) is 55.2 Å². The number of hydrogen-bond donors (Lipinski definition) is 4. The number of aliphatic hydroxyl groups excluding tert-OH is 2. The molecule has 12 heteroatoms. The number of amides is 1. The molecule has 1 aliphatic carbocycles. The third-order valence-corrected chi connectivity index (χ3v) is 7.35. The van der Waals surface area contributed by atoms with Crippen LogP contribution in [-0.2, 0) is 11.3 Å². The van der Waals surface area contributed by atoms with E-state index in [0.29, 0.717) is 28.5 Å². The van der Waals surface area contributed by atoms with E-state index in [2.05, 4.69) is 37.4 Å². The van der Waals surface area contributed by atoms with Gasteiger partial charge < -0.3 is 25.4 Å². The first kappa shape index (κ1) is 27.5. The Balaban J connectivity index is 1.57. The van der Waals surface area contributed by atoms with Gasteiger partial charge in [-0.2, -0.15) is 0 Å². The molecule has 9 nitrogen and oxygen atoms in total. The van der Waals surface area contributed by atoms with E-state index < -0.39 is 41.2 Å². The Morgan fingerprint density at radius 1 is 1.18 bits per heavy atom. The number of nitrogens with zero attached hydrogens (tertiary/aromatic N) is 4. The van der Waals surface area contributed by atoms with Crippen molar-refractivity contribution in [2.24, 2.45) is 5.41 Å². The summed E-state index contributed by atoms with van der Waals surface area (Å²) in [5, 5.41) is 28.0. The SMILES string of the molecule is CNC(=O)C1(C)C[C@@H](n2cnc3c(NCc4cccc(Cl)c4)nc(C#Cc4ccc(F)c(F)c4)nc32)[C@H](O)[C@@H]1O. The Morgan fingerprint density at radius 3 is 2.70 bits per heavy atom. The van der Waals surface area contributed by atoms with Gasteiger partial charge in [0.2, 0.25) is 11.7 Å². The van der Waals surface area contributed by atoms with Gasteiger partial charge >= 0.3 is 0 Å². The van der Waals surface area contributed by atoms with Crippen molar-refractivity contribution in [2.45, 2.75) is 38.1 Å². The van der Waals surface area contributed by atoms with Crippen LogP contribution < -0.4 is 10.6 Å². The van der Waals surface area contributed by atoms with Crippen LogP contribution in [0.4, 0.5) is 14.6 Å². The predicted octanol–water partition coefficient (Wildman–Crippen LogP) is 3.19. The highest BCUT2D eigenvalue weighted by Gasteiger charge is 2.54. The lowest BCUT2D eigenvalue weighted by molar-refractivity contribution is -0.136. The van der Waals surface area contributed by atoms with Gasteiger partial charge in [-0.15, -0.1) is 0 Å². The fourth-order valence-corrected chi connectivity index (χ4v) is 5.12. The maximum Gasteiger partial charge on any atom is 0.228 e. The first-order valence-electron chi connectivity index (χ1n) is 12.4. The summed E-state index contributed by atoms with van der Waals surface area (Å²) in [5.41, 5.74) is 0.529. The Hall–Kier alpha value is -4.11. The van der Waals surface area contributed by atoms with Gasteiger partial charge in [-0.25, -0.2) is 23.7 Å². The summed E-state index contributed by atoms with van der Waals surface area (Å²) >= 11 is 6.11. The molecule has 0 saturated heterocycles. The van der Waals surface area contributed by atoms with Crippen molar-refractivity contribution in [2.75, 3.05) is 12.4 Å². The predicted molar refractivity (Wildman–Crippen MR) is 144 cm³/mol. The van der Waals surface area contributed by atoms with Gasteiger partial charge in [0.25, 0.3) is 0 Å². The Bertz CT molecular complexity index is 1670. The number of nitrogens with one attached hydrogen (secondary N) is 2. The average molecular weight is 567 g/mol. The Labute approximate surface area is 233 Å². The summed E-state index contributed by atoms with van der Waals surface area (Å²) in [6.45, 7) is 1.93. The van der Waals surface area contributed by atoms with Gasteiger partial charge in [0.05, 0.1) is 23.9 Å². The zero-order valence-corrected chi connectivity index (χ0v) is 22.2. The lowest BCUT2D eigenvalue weighted by atomic mass is 9.85. The molecule has 1 saturated carbocycles. The van der Waals surface area contributed by atoms with Gasteiger partial charge in [-0.1, -0.05) is 29.7 Å². The molecule has 1 aliphatic rings. The van der Waals surface area contributed by atoms with Crippen LogP contribution in [0.1, 0.15) is 36.3 Å². The van der Waals surface area contributed by atoms with Gasteiger partial charge in [0.1, 0.15) is 6.10 Å². The lowest BCUT2D eigenvalue weighted by Gasteiger charge is -2.26. The minimum atomic E-state index is -1.33. The highest BCUT2D eigenvalue weighted by atomic mass is 35.5. The van der Waals surface area contributed by atoms with E-state index in [9.17, 15) is 23.8 Å². The molecule has 2 aromatic heterocycles.